The molecule has 21 heavy (non-hydrogen) atoms. The first-order valence-electron chi connectivity index (χ1n) is 6.56. The van der Waals surface area contributed by atoms with Crippen LogP contribution < -0.4 is 0 Å². The Morgan fingerprint density at radius 1 is 1.10 bits per heavy atom. The summed E-state index contributed by atoms with van der Waals surface area (Å²) in [5.74, 6) is 2.77. The molecule has 7 heteroatoms. The van der Waals surface area contributed by atoms with Crippen molar-refractivity contribution < 1.29 is 9.05 Å². The van der Waals surface area contributed by atoms with Gasteiger partial charge in [-0.1, -0.05) is 22.4 Å². The molecular formula is C14H13ClN4O2. The van der Waals surface area contributed by atoms with Crippen LogP contribution in [0.4, 0.5) is 0 Å². The highest BCUT2D eigenvalue weighted by atomic mass is 35.5. The molecule has 0 unspecified atom stereocenters. The molecule has 0 radical (unpaired) electrons. The fourth-order valence-corrected chi connectivity index (χ4v) is 2.03. The summed E-state index contributed by atoms with van der Waals surface area (Å²) in [6.07, 6.45) is 1.49. The second-order valence-electron chi connectivity index (χ2n) is 4.53. The number of hydrogen-bond donors (Lipinski definition) is 0. The lowest BCUT2D eigenvalue weighted by molar-refractivity contribution is 0.378. The molecule has 1 aromatic carbocycles. The molecule has 0 bridgehead atoms. The third-order valence-corrected chi connectivity index (χ3v) is 3.15. The summed E-state index contributed by atoms with van der Waals surface area (Å²) in [4.78, 5) is 8.56. The molecule has 0 fully saturated rings. The Morgan fingerprint density at radius 2 is 1.95 bits per heavy atom. The van der Waals surface area contributed by atoms with Crippen molar-refractivity contribution in [2.24, 2.45) is 0 Å². The second kappa shape index (κ2) is 6.05. The zero-order valence-corrected chi connectivity index (χ0v) is 12.2. The van der Waals surface area contributed by atoms with Gasteiger partial charge in [-0.25, -0.2) is 0 Å². The zero-order valence-electron chi connectivity index (χ0n) is 11.4. The topological polar surface area (TPSA) is 77.8 Å². The predicted molar refractivity (Wildman–Crippen MR) is 76.8 cm³/mol. The van der Waals surface area contributed by atoms with Gasteiger partial charge < -0.3 is 9.05 Å². The first kappa shape index (κ1) is 13.8. The van der Waals surface area contributed by atoms with Crippen molar-refractivity contribution >= 4 is 11.6 Å². The van der Waals surface area contributed by atoms with Crippen LogP contribution in [0.25, 0.3) is 22.8 Å². The van der Waals surface area contributed by atoms with Gasteiger partial charge in [-0.3, -0.25) is 0 Å². The number of aromatic nitrogens is 4. The number of benzene rings is 1. The molecule has 6 nitrogen and oxygen atoms in total. The van der Waals surface area contributed by atoms with Crippen LogP contribution in [0.5, 0.6) is 0 Å². The van der Waals surface area contributed by atoms with E-state index in [-0.39, 0.29) is 0 Å². The van der Waals surface area contributed by atoms with Crippen molar-refractivity contribution in [1.29, 1.82) is 0 Å². The minimum absolute atomic E-state index is 0.472. The molecule has 0 aliphatic rings. The van der Waals surface area contributed by atoms with Crippen molar-refractivity contribution in [2.45, 2.75) is 19.8 Å². The monoisotopic (exact) mass is 304 g/mol. The number of hydrogen-bond acceptors (Lipinski definition) is 6. The molecular weight excluding hydrogens is 292 g/mol. The largest absolute Gasteiger partial charge is 0.339 e. The molecule has 3 rings (SSSR count). The Bertz CT molecular complexity index is 738. The molecule has 0 aliphatic carbocycles. The SMILES string of the molecule is Cc1noc(-c2cccc(-c3noc(CCCCl)n3)c2)n1. The molecule has 0 spiro atoms. The molecule has 0 atom stereocenters. The summed E-state index contributed by atoms with van der Waals surface area (Å²) in [5, 5.41) is 7.77. The smallest absolute Gasteiger partial charge is 0.257 e. The van der Waals surface area contributed by atoms with Crippen LogP contribution in [-0.4, -0.2) is 26.2 Å². The number of halogens is 1. The summed E-state index contributed by atoms with van der Waals surface area (Å²) in [5.41, 5.74) is 1.66. The highest BCUT2D eigenvalue weighted by Gasteiger charge is 2.11. The summed E-state index contributed by atoms with van der Waals surface area (Å²) in [6.45, 7) is 1.78. The van der Waals surface area contributed by atoms with Gasteiger partial charge in [0.05, 0.1) is 0 Å². The fraction of sp³-hybridized carbons (Fsp3) is 0.286. The van der Waals surface area contributed by atoms with E-state index in [1.807, 2.05) is 24.3 Å². The molecule has 0 N–H and O–H groups in total. The van der Waals surface area contributed by atoms with E-state index in [2.05, 4.69) is 20.3 Å². The number of rotatable bonds is 5. The first-order chi connectivity index (χ1) is 10.3. The minimum Gasteiger partial charge on any atom is -0.339 e. The third-order valence-electron chi connectivity index (χ3n) is 2.89. The molecule has 2 aromatic heterocycles. The van der Waals surface area contributed by atoms with Gasteiger partial charge in [0.25, 0.3) is 5.89 Å². The van der Waals surface area contributed by atoms with E-state index in [1.165, 1.54) is 0 Å². The zero-order chi connectivity index (χ0) is 14.7. The van der Waals surface area contributed by atoms with Crippen LogP contribution in [-0.2, 0) is 6.42 Å². The number of nitrogens with zero attached hydrogens (tertiary/aromatic N) is 4. The highest BCUT2D eigenvalue weighted by Crippen LogP contribution is 2.23. The van der Waals surface area contributed by atoms with Gasteiger partial charge in [-0.2, -0.15) is 9.97 Å². The minimum atomic E-state index is 0.472. The van der Waals surface area contributed by atoms with Gasteiger partial charge in [-0.05, 0) is 25.5 Å². The lowest BCUT2D eigenvalue weighted by Crippen LogP contribution is -1.87. The summed E-state index contributed by atoms with van der Waals surface area (Å²) in [6, 6.07) is 7.58. The van der Waals surface area contributed by atoms with E-state index < -0.39 is 0 Å². The summed E-state index contributed by atoms with van der Waals surface area (Å²) >= 11 is 5.65. The maximum Gasteiger partial charge on any atom is 0.257 e. The van der Waals surface area contributed by atoms with E-state index >= 15 is 0 Å². The van der Waals surface area contributed by atoms with Gasteiger partial charge in [0.15, 0.2) is 5.82 Å². The van der Waals surface area contributed by atoms with Crippen LogP contribution in [0, 0.1) is 6.92 Å². The number of aryl methyl sites for hydroxylation is 2. The van der Waals surface area contributed by atoms with Crippen molar-refractivity contribution in [3.8, 4) is 22.8 Å². The molecule has 0 aliphatic heterocycles. The molecule has 0 saturated heterocycles. The van der Waals surface area contributed by atoms with Gasteiger partial charge in [0.2, 0.25) is 11.7 Å². The Morgan fingerprint density at radius 3 is 2.71 bits per heavy atom. The predicted octanol–water partition coefficient (Wildman–Crippen LogP) is 3.27. The Kier molecular flexibility index (Phi) is 3.96. The van der Waals surface area contributed by atoms with Crippen LogP contribution >= 0.6 is 11.6 Å². The quantitative estimate of drug-likeness (QED) is 0.673. The molecule has 0 amide bonds. The van der Waals surface area contributed by atoms with E-state index in [1.54, 1.807) is 6.92 Å². The molecule has 3 aromatic rings. The van der Waals surface area contributed by atoms with E-state index in [4.69, 9.17) is 20.6 Å². The van der Waals surface area contributed by atoms with Gasteiger partial charge in [0.1, 0.15) is 0 Å². The van der Waals surface area contributed by atoms with Crippen LogP contribution in [0.1, 0.15) is 18.1 Å². The first-order valence-corrected chi connectivity index (χ1v) is 7.09. The highest BCUT2D eigenvalue weighted by molar-refractivity contribution is 6.17. The van der Waals surface area contributed by atoms with Crippen molar-refractivity contribution in [1.82, 2.24) is 20.3 Å². The van der Waals surface area contributed by atoms with Crippen LogP contribution in [0.15, 0.2) is 33.3 Å². The van der Waals surface area contributed by atoms with Gasteiger partial charge >= 0.3 is 0 Å². The fourth-order valence-electron chi connectivity index (χ4n) is 1.90. The Labute approximate surface area is 126 Å². The average Bonchev–Trinajstić information content (AvgIpc) is 3.14. The summed E-state index contributed by atoms with van der Waals surface area (Å²) < 4.78 is 10.4. The molecule has 108 valence electrons. The van der Waals surface area contributed by atoms with Crippen molar-refractivity contribution in [2.75, 3.05) is 5.88 Å². The van der Waals surface area contributed by atoms with E-state index in [0.717, 1.165) is 17.5 Å². The maximum absolute atomic E-state index is 5.65. The standard InChI is InChI=1S/C14H13ClN4O2/c1-9-16-14(21-18-9)11-5-2-4-10(8-11)13-17-12(20-19-13)6-3-7-15/h2,4-5,8H,3,6-7H2,1H3. The summed E-state index contributed by atoms with van der Waals surface area (Å²) in [7, 11) is 0. The second-order valence-corrected chi connectivity index (χ2v) is 4.91. The number of alkyl halides is 1. The lowest BCUT2D eigenvalue weighted by Gasteiger charge is -1.97. The Hall–Kier alpha value is -2.21. The van der Waals surface area contributed by atoms with E-state index in [9.17, 15) is 0 Å². The molecule has 2 heterocycles. The van der Waals surface area contributed by atoms with Crippen molar-refractivity contribution in [3.63, 3.8) is 0 Å². The van der Waals surface area contributed by atoms with Crippen LogP contribution in [0.2, 0.25) is 0 Å². The van der Waals surface area contributed by atoms with Gasteiger partial charge in [-0.15, -0.1) is 11.6 Å². The van der Waals surface area contributed by atoms with Gasteiger partial charge in [0, 0.05) is 23.4 Å². The normalized spacial score (nSPS) is 11.0. The molecule has 0 saturated carbocycles. The van der Waals surface area contributed by atoms with E-state index in [0.29, 0.717) is 35.7 Å². The lowest BCUT2D eigenvalue weighted by atomic mass is 10.1. The Balaban J connectivity index is 1.87. The maximum atomic E-state index is 5.65. The third kappa shape index (κ3) is 3.11. The van der Waals surface area contributed by atoms with Crippen molar-refractivity contribution in [3.05, 3.63) is 36.0 Å². The van der Waals surface area contributed by atoms with Crippen LogP contribution in [0.3, 0.4) is 0 Å². The average molecular weight is 305 g/mol.